The van der Waals surface area contributed by atoms with Gasteiger partial charge < -0.3 is 15.4 Å². The number of nitrogens with zero attached hydrogens (tertiary/aromatic N) is 4. The molecule has 3 aromatic rings. The first-order valence-electron chi connectivity index (χ1n) is 9.74. The van der Waals surface area contributed by atoms with Crippen LogP contribution in [0.5, 0.6) is 11.6 Å². The number of benzene rings is 1. The quantitative estimate of drug-likeness (QED) is 0.279. The van der Waals surface area contributed by atoms with Crippen LogP contribution in [0.15, 0.2) is 53.8 Å². The fourth-order valence-electron chi connectivity index (χ4n) is 2.76. The first kappa shape index (κ1) is 23.7. The lowest BCUT2D eigenvalue weighted by atomic mass is 10.1. The Morgan fingerprint density at radius 1 is 1.07 bits per heavy atom. The molecular formula is C22H29IN6O. The van der Waals surface area contributed by atoms with Gasteiger partial charge in [-0.25, -0.2) is 9.98 Å². The molecule has 30 heavy (non-hydrogen) atoms. The number of guanidine groups is 1. The van der Waals surface area contributed by atoms with Gasteiger partial charge in [0.25, 0.3) is 0 Å². The molecule has 1 aromatic carbocycles. The van der Waals surface area contributed by atoms with Gasteiger partial charge in [0.1, 0.15) is 5.75 Å². The summed E-state index contributed by atoms with van der Waals surface area (Å²) in [6.07, 6.45) is 3.53. The van der Waals surface area contributed by atoms with Gasteiger partial charge in [-0.1, -0.05) is 6.07 Å². The number of hydrogen-bond acceptors (Lipinski definition) is 4. The van der Waals surface area contributed by atoms with Gasteiger partial charge in [0.2, 0.25) is 5.88 Å². The molecule has 0 spiro atoms. The Labute approximate surface area is 195 Å². The topological polar surface area (TPSA) is 76.4 Å². The number of aliphatic imine (C=N–C) groups is 1. The summed E-state index contributed by atoms with van der Waals surface area (Å²) in [5, 5.41) is 10.8. The second kappa shape index (κ2) is 11.5. The molecule has 8 heteroatoms. The summed E-state index contributed by atoms with van der Waals surface area (Å²) >= 11 is 0. The van der Waals surface area contributed by atoms with E-state index in [1.807, 2.05) is 49.0 Å². The summed E-state index contributed by atoms with van der Waals surface area (Å²) in [6.45, 7) is 8.16. The molecule has 0 amide bonds. The van der Waals surface area contributed by atoms with Crippen molar-refractivity contribution in [2.45, 2.75) is 33.9 Å². The van der Waals surface area contributed by atoms with Crippen molar-refractivity contribution < 1.29 is 4.74 Å². The Balaban J connectivity index is 0.00000320. The van der Waals surface area contributed by atoms with Crippen molar-refractivity contribution in [2.75, 3.05) is 6.54 Å². The van der Waals surface area contributed by atoms with Crippen LogP contribution in [-0.2, 0) is 20.1 Å². The lowest BCUT2D eigenvalue weighted by Crippen LogP contribution is -2.37. The van der Waals surface area contributed by atoms with Crippen molar-refractivity contribution in [1.29, 1.82) is 0 Å². The Hall–Kier alpha value is -2.62. The maximum Gasteiger partial charge on any atom is 0.219 e. The Bertz CT molecular complexity index is 985. The van der Waals surface area contributed by atoms with Gasteiger partial charge in [0.05, 0.1) is 18.8 Å². The van der Waals surface area contributed by atoms with Gasteiger partial charge in [0.15, 0.2) is 5.96 Å². The molecule has 0 saturated heterocycles. The molecule has 2 heterocycles. The Kier molecular flexibility index (Phi) is 9.10. The summed E-state index contributed by atoms with van der Waals surface area (Å²) in [5.74, 6) is 2.10. The van der Waals surface area contributed by atoms with Gasteiger partial charge in [-0.3, -0.25) is 4.68 Å². The molecule has 0 atom stereocenters. The van der Waals surface area contributed by atoms with E-state index in [-0.39, 0.29) is 24.0 Å². The fraction of sp³-hybridized carbons (Fsp3) is 0.318. The van der Waals surface area contributed by atoms with Crippen LogP contribution in [0, 0.1) is 13.8 Å². The number of ether oxygens (including phenoxy) is 1. The molecule has 3 rings (SSSR count). The number of nitrogens with one attached hydrogen (secondary N) is 2. The third-order valence-corrected chi connectivity index (χ3v) is 4.62. The minimum atomic E-state index is 0. The monoisotopic (exact) mass is 520 g/mol. The SMILES string of the molecule is CCNC(=NCc1ccnc(Oc2ccc(C)c(C)c2)c1)NCc1ccnn1C.I. The highest BCUT2D eigenvalue weighted by atomic mass is 127. The highest BCUT2D eigenvalue weighted by Crippen LogP contribution is 2.22. The van der Waals surface area contributed by atoms with Crippen molar-refractivity contribution >= 4 is 29.9 Å². The van der Waals surface area contributed by atoms with Crippen LogP contribution >= 0.6 is 24.0 Å². The molecule has 160 valence electrons. The molecule has 2 N–H and O–H groups in total. The van der Waals surface area contributed by atoms with Crippen molar-refractivity contribution in [2.24, 2.45) is 12.0 Å². The van der Waals surface area contributed by atoms with Crippen LogP contribution in [0.25, 0.3) is 0 Å². The average Bonchev–Trinajstić information content (AvgIpc) is 3.12. The summed E-state index contributed by atoms with van der Waals surface area (Å²) < 4.78 is 7.76. The van der Waals surface area contributed by atoms with Crippen molar-refractivity contribution in [1.82, 2.24) is 25.4 Å². The first-order valence-corrected chi connectivity index (χ1v) is 9.74. The van der Waals surface area contributed by atoms with Gasteiger partial charge in [-0.2, -0.15) is 5.10 Å². The summed E-state index contributed by atoms with van der Waals surface area (Å²) in [5.41, 5.74) is 4.54. The molecule has 2 aromatic heterocycles. The Morgan fingerprint density at radius 2 is 1.90 bits per heavy atom. The molecule has 0 unspecified atom stereocenters. The van der Waals surface area contributed by atoms with Crippen molar-refractivity contribution in [3.8, 4) is 11.6 Å². The summed E-state index contributed by atoms with van der Waals surface area (Å²) in [7, 11) is 1.93. The fourth-order valence-corrected chi connectivity index (χ4v) is 2.76. The van der Waals surface area contributed by atoms with E-state index in [0.717, 1.165) is 29.5 Å². The highest BCUT2D eigenvalue weighted by Gasteiger charge is 2.04. The van der Waals surface area contributed by atoms with Crippen LogP contribution in [0.2, 0.25) is 0 Å². The van der Waals surface area contributed by atoms with E-state index in [0.29, 0.717) is 19.0 Å². The number of pyridine rings is 1. The molecule has 0 saturated carbocycles. The molecule has 0 aliphatic rings. The molecular weight excluding hydrogens is 491 g/mol. The van der Waals surface area contributed by atoms with Gasteiger partial charge >= 0.3 is 0 Å². The largest absolute Gasteiger partial charge is 0.439 e. The molecule has 0 fully saturated rings. The molecule has 7 nitrogen and oxygen atoms in total. The molecule has 0 radical (unpaired) electrons. The van der Waals surface area contributed by atoms with Crippen LogP contribution in [0.1, 0.15) is 29.3 Å². The first-order chi connectivity index (χ1) is 14.0. The van der Waals surface area contributed by atoms with Crippen LogP contribution < -0.4 is 15.4 Å². The zero-order valence-electron chi connectivity index (χ0n) is 17.8. The van der Waals surface area contributed by atoms with E-state index in [4.69, 9.17) is 4.74 Å². The zero-order valence-corrected chi connectivity index (χ0v) is 20.2. The van der Waals surface area contributed by atoms with E-state index in [2.05, 4.69) is 45.6 Å². The minimum Gasteiger partial charge on any atom is -0.439 e. The third kappa shape index (κ3) is 6.72. The number of halogens is 1. The zero-order chi connectivity index (χ0) is 20.6. The number of aromatic nitrogens is 3. The maximum atomic E-state index is 5.92. The van der Waals surface area contributed by atoms with Gasteiger partial charge in [0, 0.05) is 32.1 Å². The highest BCUT2D eigenvalue weighted by molar-refractivity contribution is 14.0. The molecule has 0 bridgehead atoms. The van der Waals surface area contributed by atoms with Crippen LogP contribution in [0.3, 0.4) is 0 Å². The van der Waals surface area contributed by atoms with Crippen molar-refractivity contribution in [3.63, 3.8) is 0 Å². The van der Waals surface area contributed by atoms with E-state index >= 15 is 0 Å². The average molecular weight is 520 g/mol. The predicted molar refractivity (Wildman–Crippen MR) is 131 cm³/mol. The normalized spacial score (nSPS) is 11.0. The second-order valence-electron chi connectivity index (χ2n) is 6.85. The summed E-state index contributed by atoms with van der Waals surface area (Å²) in [4.78, 5) is 8.99. The van der Waals surface area contributed by atoms with E-state index in [1.165, 1.54) is 11.1 Å². The van der Waals surface area contributed by atoms with Crippen LogP contribution in [0.4, 0.5) is 0 Å². The number of aryl methyl sites for hydroxylation is 3. The number of hydrogen-bond donors (Lipinski definition) is 2. The van der Waals surface area contributed by atoms with E-state index < -0.39 is 0 Å². The maximum absolute atomic E-state index is 5.92. The Morgan fingerprint density at radius 3 is 2.60 bits per heavy atom. The van der Waals surface area contributed by atoms with E-state index in [1.54, 1.807) is 12.4 Å². The third-order valence-electron chi connectivity index (χ3n) is 4.62. The minimum absolute atomic E-state index is 0. The van der Waals surface area contributed by atoms with Crippen molar-refractivity contribution in [3.05, 3.63) is 71.2 Å². The number of rotatable bonds is 7. The molecule has 0 aliphatic heterocycles. The lowest BCUT2D eigenvalue weighted by molar-refractivity contribution is 0.461. The lowest BCUT2D eigenvalue weighted by Gasteiger charge is -2.12. The standard InChI is InChI=1S/C22H28N6O.HI/c1-5-23-22(26-15-19-9-11-27-28(19)4)25-14-18-8-10-24-21(13-18)29-20-7-6-16(2)17(3)12-20;/h6-13H,5,14-15H2,1-4H3,(H2,23,25,26);1H. The van der Waals surface area contributed by atoms with Crippen LogP contribution in [-0.4, -0.2) is 27.3 Å². The molecule has 0 aliphatic carbocycles. The van der Waals surface area contributed by atoms with Gasteiger partial charge in [-0.15, -0.1) is 24.0 Å². The predicted octanol–water partition coefficient (Wildman–Crippen LogP) is 4.10. The summed E-state index contributed by atoms with van der Waals surface area (Å²) in [6, 6.07) is 11.9. The van der Waals surface area contributed by atoms with Gasteiger partial charge in [-0.05, 0) is 61.7 Å². The second-order valence-corrected chi connectivity index (χ2v) is 6.85. The smallest absolute Gasteiger partial charge is 0.219 e. The van der Waals surface area contributed by atoms with E-state index in [9.17, 15) is 0 Å².